The zero-order valence-corrected chi connectivity index (χ0v) is 15.2. The van der Waals surface area contributed by atoms with Gasteiger partial charge in [0, 0.05) is 12.2 Å². The molecule has 138 valence electrons. The number of hydrogen-bond donors (Lipinski definition) is 1. The second-order valence-electron chi connectivity index (χ2n) is 5.91. The molecule has 0 spiro atoms. The van der Waals surface area contributed by atoms with Gasteiger partial charge in [0.05, 0.1) is 13.2 Å². The van der Waals surface area contributed by atoms with E-state index in [1.807, 2.05) is 12.1 Å². The van der Waals surface area contributed by atoms with E-state index in [-0.39, 0.29) is 13.2 Å². The van der Waals surface area contributed by atoms with Crippen LogP contribution in [0.2, 0.25) is 0 Å². The number of esters is 1. The molecule has 0 aromatic heterocycles. The molecule has 0 aliphatic carbocycles. The van der Waals surface area contributed by atoms with Crippen LogP contribution in [0.15, 0.2) is 36.4 Å². The van der Waals surface area contributed by atoms with E-state index in [1.165, 1.54) is 0 Å². The fraction of sp³-hybridized carbons (Fsp3) is 0.474. The van der Waals surface area contributed by atoms with Crippen LogP contribution in [-0.4, -0.2) is 31.8 Å². The summed E-state index contributed by atoms with van der Waals surface area (Å²) in [7, 11) is 0. The third-order valence-corrected chi connectivity index (χ3v) is 3.45. The van der Waals surface area contributed by atoms with Gasteiger partial charge in [-0.1, -0.05) is 39.0 Å². The second-order valence-corrected chi connectivity index (χ2v) is 5.91. The standard InChI is InChI=1S/C19H27NO5/c1-5-15(4)12-23-13-16-6-8-17(9-7-16)25-19(22)20-10-11-24-18(21)14(2)3/h6-9,15H,2,5,10-13H2,1,3-4H3,(H,20,22). The van der Waals surface area contributed by atoms with Crippen molar-refractivity contribution in [3.05, 3.63) is 42.0 Å². The van der Waals surface area contributed by atoms with E-state index in [1.54, 1.807) is 19.1 Å². The Balaban J connectivity index is 2.26. The van der Waals surface area contributed by atoms with E-state index in [4.69, 9.17) is 14.2 Å². The molecule has 0 fully saturated rings. The summed E-state index contributed by atoms with van der Waals surface area (Å²) in [5.41, 5.74) is 1.33. The van der Waals surface area contributed by atoms with E-state index in [0.29, 0.717) is 23.8 Å². The average Bonchev–Trinajstić information content (AvgIpc) is 2.59. The van der Waals surface area contributed by atoms with Gasteiger partial charge in [-0.05, 0) is 30.5 Å². The Labute approximate surface area is 149 Å². The molecule has 0 radical (unpaired) electrons. The van der Waals surface area contributed by atoms with E-state index < -0.39 is 12.1 Å². The summed E-state index contributed by atoms with van der Waals surface area (Å²) in [5, 5.41) is 2.50. The summed E-state index contributed by atoms with van der Waals surface area (Å²) >= 11 is 0. The van der Waals surface area contributed by atoms with Crippen molar-refractivity contribution in [2.45, 2.75) is 33.8 Å². The van der Waals surface area contributed by atoms with Crippen LogP contribution in [-0.2, 0) is 20.9 Å². The Morgan fingerprint density at radius 3 is 2.52 bits per heavy atom. The maximum atomic E-state index is 11.6. The third-order valence-electron chi connectivity index (χ3n) is 3.45. The van der Waals surface area contributed by atoms with Crippen molar-refractivity contribution in [3.8, 4) is 5.75 Å². The molecule has 1 N–H and O–H groups in total. The minimum Gasteiger partial charge on any atom is -0.460 e. The van der Waals surface area contributed by atoms with Crippen molar-refractivity contribution in [1.29, 1.82) is 0 Å². The molecule has 0 heterocycles. The lowest BCUT2D eigenvalue weighted by atomic mass is 10.1. The van der Waals surface area contributed by atoms with Crippen LogP contribution < -0.4 is 10.1 Å². The summed E-state index contributed by atoms with van der Waals surface area (Å²) in [6, 6.07) is 7.13. The highest BCUT2D eigenvalue weighted by Crippen LogP contribution is 2.13. The van der Waals surface area contributed by atoms with Gasteiger partial charge in [-0.2, -0.15) is 0 Å². The minimum atomic E-state index is -0.604. The first kappa shape index (κ1) is 20.7. The predicted molar refractivity (Wildman–Crippen MR) is 95.4 cm³/mol. The molecule has 1 unspecified atom stereocenters. The highest BCUT2D eigenvalue weighted by atomic mass is 16.6. The van der Waals surface area contributed by atoms with Gasteiger partial charge in [0.15, 0.2) is 0 Å². The number of rotatable bonds is 10. The topological polar surface area (TPSA) is 73.9 Å². The number of hydrogen-bond acceptors (Lipinski definition) is 5. The Bertz CT molecular complexity index is 568. The average molecular weight is 349 g/mol. The molecular weight excluding hydrogens is 322 g/mol. The number of carbonyl (C=O) groups is 2. The fourth-order valence-corrected chi connectivity index (χ4v) is 1.71. The van der Waals surface area contributed by atoms with Crippen LogP contribution in [0.1, 0.15) is 32.8 Å². The lowest BCUT2D eigenvalue weighted by Gasteiger charge is -2.10. The van der Waals surface area contributed by atoms with Gasteiger partial charge in [-0.15, -0.1) is 0 Å². The molecule has 0 saturated heterocycles. The largest absolute Gasteiger partial charge is 0.460 e. The van der Waals surface area contributed by atoms with Crippen molar-refractivity contribution < 1.29 is 23.8 Å². The van der Waals surface area contributed by atoms with E-state index in [2.05, 4.69) is 25.7 Å². The van der Waals surface area contributed by atoms with Crippen molar-refractivity contribution in [2.75, 3.05) is 19.8 Å². The number of nitrogens with one attached hydrogen (secondary N) is 1. The van der Waals surface area contributed by atoms with E-state index in [9.17, 15) is 9.59 Å². The minimum absolute atomic E-state index is 0.0628. The van der Waals surface area contributed by atoms with Crippen molar-refractivity contribution in [2.24, 2.45) is 5.92 Å². The van der Waals surface area contributed by atoms with E-state index in [0.717, 1.165) is 18.6 Å². The first-order valence-electron chi connectivity index (χ1n) is 8.37. The SMILES string of the molecule is C=C(C)C(=O)OCCNC(=O)Oc1ccc(COCC(C)CC)cc1. The monoisotopic (exact) mass is 349 g/mol. The number of amides is 1. The highest BCUT2D eigenvalue weighted by Gasteiger charge is 2.06. The maximum Gasteiger partial charge on any atom is 0.412 e. The maximum absolute atomic E-state index is 11.6. The second kappa shape index (κ2) is 11.3. The number of ether oxygens (including phenoxy) is 3. The molecule has 6 heteroatoms. The summed E-state index contributed by atoms with van der Waals surface area (Å²) in [5.74, 6) is 0.490. The summed E-state index contributed by atoms with van der Waals surface area (Å²) in [6.07, 6.45) is 0.487. The Morgan fingerprint density at radius 2 is 1.92 bits per heavy atom. The third kappa shape index (κ3) is 8.91. The lowest BCUT2D eigenvalue weighted by molar-refractivity contribution is -0.138. The molecule has 25 heavy (non-hydrogen) atoms. The van der Waals surface area contributed by atoms with Crippen LogP contribution in [0.4, 0.5) is 4.79 Å². The van der Waals surface area contributed by atoms with Crippen LogP contribution in [0.5, 0.6) is 5.75 Å². The van der Waals surface area contributed by atoms with Crippen LogP contribution >= 0.6 is 0 Å². The van der Waals surface area contributed by atoms with Gasteiger partial charge in [0.1, 0.15) is 12.4 Å². The fourth-order valence-electron chi connectivity index (χ4n) is 1.71. The zero-order valence-electron chi connectivity index (χ0n) is 15.2. The first-order valence-corrected chi connectivity index (χ1v) is 8.37. The van der Waals surface area contributed by atoms with Crippen LogP contribution in [0.25, 0.3) is 0 Å². The van der Waals surface area contributed by atoms with Gasteiger partial charge in [0.25, 0.3) is 0 Å². The summed E-state index contributed by atoms with van der Waals surface area (Å²) in [4.78, 5) is 22.8. The Hall–Kier alpha value is -2.34. The van der Waals surface area contributed by atoms with Gasteiger partial charge >= 0.3 is 12.1 Å². The molecule has 0 aliphatic heterocycles. The van der Waals surface area contributed by atoms with Crippen LogP contribution in [0, 0.1) is 5.92 Å². The quantitative estimate of drug-likeness (QED) is 0.398. The normalized spacial score (nSPS) is 11.5. The molecule has 1 aromatic carbocycles. The predicted octanol–water partition coefficient (Wildman–Crippen LogP) is 3.46. The molecule has 1 amide bonds. The van der Waals surface area contributed by atoms with Gasteiger partial charge < -0.3 is 19.5 Å². The molecule has 0 aliphatic rings. The molecule has 0 bridgehead atoms. The molecule has 1 rings (SSSR count). The molecular formula is C19H27NO5. The Morgan fingerprint density at radius 1 is 1.24 bits per heavy atom. The lowest BCUT2D eigenvalue weighted by Crippen LogP contribution is -2.30. The highest BCUT2D eigenvalue weighted by molar-refractivity contribution is 5.86. The zero-order chi connectivity index (χ0) is 18.7. The van der Waals surface area contributed by atoms with Crippen molar-refractivity contribution in [1.82, 2.24) is 5.32 Å². The van der Waals surface area contributed by atoms with Crippen LogP contribution in [0.3, 0.4) is 0 Å². The Kier molecular flexibility index (Phi) is 9.32. The van der Waals surface area contributed by atoms with Gasteiger partial charge in [-0.25, -0.2) is 9.59 Å². The molecule has 1 aromatic rings. The summed E-state index contributed by atoms with van der Waals surface area (Å²) < 4.78 is 15.6. The van der Waals surface area contributed by atoms with E-state index >= 15 is 0 Å². The number of carbonyl (C=O) groups excluding carboxylic acids is 2. The number of benzene rings is 1. The van der Waals surface area contributed by atoms with Crippen molar-refractivity contribution >= 4 is 12.1 Å². The molecule has 0 saturated carbocycles. The van der Waals surface area contributed by atoms with Crippen molar-refractivity contribution in [3.63, 3.8) is 0 Å². The van der Waals surface area contributed by atoms with Gasteiger partial charge in [0.2, 0.25) is 0 Å². The molecule has 1 atom stereocenters. The smallest absolute Gasteiger partial charge is 0.412 e. The van der Waals surface area contributed by atoms with Gasteiger partial charge in [-0.3, -0.25) is 0 Å². The summed E-state index contributed by atoms with van der Waals surface area (Å²) in [6.45, 7) is 10.8. The first-order chi connectivity index (χ1) is 11.9. The molecule has 6 nitrogen and oxygen atoms in total.